The minimum absolute atomic E-state index is 0.0495. The summed E-state index contributed by atoms with van der Waals surface area (Å²) in [6.45, 7) is 4.40. The predicted molar refractivity (Wildman–Crippen MR) is 115 cm³/mol. The molecular formula is C23H21F2N7O. The number of aryl methyl sites for hydroxylation is 1. The van der Waals surface area contributed by atoms with Crippen LogP contribution < -0.4 is 0 Å². The first-order valence-corrected chi connectivity index (χ1v) is 10.5. The van der Waals surface area contributed by atoms with Crippen LogP contribution in [0.3, 0.4) is 0 Å². The zero-order valence-corrected chi connectivity index (χ0v) is 18.3. The Morgan fingerprint density at radius 3 is 2.58 bits per heavy atom. The Bertz CT molecular complexity index is 1360. The first-order valence-electron chi connectivity index (χ1n) is 10.5. The van der Waals surface area contributed by atoms with Gasteiger partial charge in [-0.2, -0.15) is 9.78 Å². The fraction of sp³-hybridized carbons (Fsp3) is 0.261. The van der Waals surface area contributed by atoms with Crippen molar-refractivity contribution in [2.75, 3.05) is 6.54 Å². The van der Waals surface area contributed by atoms with Crippen molar-refractivity contribution in [2.24, 2.45) is 7.05 Å². The average Bonchev–Trinajstić information content (AvgIpc) is 3.41. The van der Waals surface area contributed by atoms with Crippen molar-refractivity contribution < 1.29 is 13.6 Å². The summed E-state index contributed by atoms with van der Waals surface area (Å²) in [4.78, 5) is 18.9. The van der Waals surface area contributed by atoms with Crippen LogP contribution in [0.2, 0.25) is 0 Å². The number of benzene rings is 1. The third kappa shape index (κ3) is 3.47. The number of carbonyl (C=O) groups excluding carboxylic acids is 1. The van der Waals surface area contributed by atoms with Crippen LogP contribution in [0.5, 0.6) is 0 Å². The molecule has 8 nitrogen and oxygen atoms in total. The van der Waals surface area contributed by atoms with Crippen LogP contribution in [0.4, 0.5) is 8.78 Å². The number of nitrogens with zero attached hydrogens (tertiary/aromatic N) is 7. The molecule has 0 unspecified atom stereocenters. The summed E-state index contributed by atoms with van der Waals surface area (Å²) in [5.74, 6) is -2.32. The van der Waals surface area contributed by atoms with Gasteiger partial charge in [-0.25, -0.2) is 13.8 Å². The Balaban J connectivity index is 1.51. The molecule has 0 radical (unpaired) electrons. The fourth-order valence-corrected chi connectivity index (χ4v) is 4.40. The number of carbonyl (C=O) groups is 1. The number of amides is 1. The van der Waals surface area contributed by atoms with Gasteiger partial charge in [0, 0.05) is 36.8 Å². The maximum atomic E-state index is 14.1. The maximum Gasteiger partial charge on any atom is 0.276 e. The zero-order chi connectivity index (χ0) is 23.3. The summed E-state index contributed by atoms with van der Waals surface area (Å²) in [7, 11) is 1.89. The molecule has 4 heterocycles. The summed E-state index contributed by atoms with van der Waals surface area (Å²) < 4.78 is 30.2. The van der Waals surface area contributed by atoms with E-state index >= 15 is 0 Å². The van der Waals surface area contributed by atoms with Gasteiger partial charge < -0.3 is 4.90 Å². The van der Waals surface area contributed by atoms with E-state index in [0.29, 0.717) is 12.6 Å². The minimum atomic E-state index is -0.897. The molecule has 0 saturated carbocycles. The van der Waals surface area contributed by atoms with Crippen molar-refractivity contribution in [1.82, 2.24) is 34.7 Å². The van der Waals surface area contributed by atoms with Gasteiger partial charge in [0.2, 0.25) is 0 Å². The van der Waals surface area contributed by atoms with Gasteiger partial charge in [-0.1, -0.05) is 29.5 Å². The highest BCUT2D eigenvalue weighted by atomic mass is 19.1. The molecule has 0 N–H and O–H groups in total. The van der Waals surface area contributed by atoms with Crippen LogP contribution in [0.25, 0.3) is 5.82 Å². The number of aromatic nitrogens is 6. The van der Waals surface area contributed by atoms with Crippen LogP contribution in [-0.4, -0.2) is 47.1 Å². The van der Waals surface area contributed by atoms with Gasteiger partial charge in [0.25, 0.3) is 5.91 Å². The Hall–Kier alpha value is -3.95. The summed E-state index contributed by atoms with van der Waals surface area (Å²) in [6, 6.07) is 8.56. The maximum absolute atomic E-state index is 14.1. The quantitative estimate of drug-likeness (QED) is 0.479. The third-order valence-electron chi connectivity index (χ3n) is 6.30. The van der Waals surface area contributed by atoms with Gasteiger partial charge in [0.15, 0.2) is 17.3 Å². The Kier molecular flexibility index (Phi) is 4.99. The van der Waals surface area contributed by atoms with Gasteiger partial charge in [-0.05, 0) is 25.0 Å². The largest absolute Gasteiger partial charge is 0.329 e. The number of pyridine rings is 1. The van der Waals surface area contributed by atoms with Crippen LogP contribution in [0.1, 0.15) is 51.8 Å². The summed E-state index contributed by atoms with van der Waals surface area (Å²) in [5.41, 5.74) is 4.33. The van der Waals surface area contributed by atoms with Crippen LogP contribution in [-0.2, 0) is 7.05 Å². The molecule has 0 bridgehead atoms. The smallest absolute Gasteiger partial charge is 0.276 e. The van der Waals surface area contributed by atoms with E-state index < -0.39 is 11.6 Å². The number of halogens is 2. The molecule has 0 fully saturated rings. The van der Waals surface area contributed by atoms with E-state index in [1.807, 2.05) is 50.0 Å². The lowest BCUT2D eigenvalue weighted by Crippen LogP contribution is -2.41. The molecule has 168 valence electrons. The van der Waals surface area contributed by atoms with E-state index in [2.05, 4.69) is 26.5 Å². The van der Waals surface area contributed by atoms with Gasteiger partial charge in [0.05, 0.1) is 24.6 Å². The topological polar surface area (TPSA) is 81.7 Å². The molecule has 10 heteroatoms. The van der Waals surface area contributed by atoms with Gasteiger partial charge in [-0.15, -0.1) is 5.10 Å². The molecule has 33 heavy (non-hydrogen) atoms. The second kappa shape index (κ2) is 7.88. The molecule has 4 aromatic rings. The number of fused-ring (bicyclic) bond motifs is 1. The normalized spacial score (nSPS) is 17.8. The molecule has 0 saturated heterocycles. The molecule has 2 atom stereocenters. The second-order valence-corrected chi connectivity index (χ2v) is 8.13. The predicted octanol–water partition coefficient (Wildman–Crippen LogP) is 3.33. The van der Waals surface area contributed by atoms with Crippen molar-refractivity contribution in [1.29, 1.82) is 0 Å². The Morgan fingerprint density at radius 1 is 1.12 bits per heavy atom. The van der Waals surface area contributed by atoms with E-state index in [-0.39, 0.29) is 29.4 Å². The molecule has 1 aromatic carbocycles. The molecule has 0 aliphatic carbocycles. The first kappa shape index (κ1) is 20.9. The molecule has 5 rings (SSSR count). The molecule has 1 aliphatic rings. The lowest BCUT2D eigenvalue weighted by Gasteiger charge is -2.39. The number of hydrogen-bond acceptors (Lipinski definition) is 5. The average molecular weight is 449 g/mol. The first-order chi connectivity index (χ1) is 15.8. The van der Waals surface area contributed by atoms with Crippen LogP contribution in [0, 0.1) is 18.6 Å². The third-order valence-corrected chi connectivity index (χ3v) is 6.30. The van der Waals surface area contributed by atoms with Gasteiger partial charge >= 0.3 is 0 Å². The summed E-state index contributed by atoms with van der Waals surface area (Å²) in [5, 5.41) is 12.2. The second-order valence-electron chi connectivity index (χ2n) is 8.13. The highest BCUT2D eigenvalue weighted by Crippen LogP contribution is 2.40. The molecule has 1 aliphatic heterocycles. The SMILES string of the molecule is Cc1c([C@@H]2CN(C(=O)c3cn(-c4ncc(F)cc4F)nn3)[C@H](C)c3ccccc32)cnn1C. The standard InChI is InChI=1S/C23H21F2N7O/c1-13-18(10-27-30(13)3)19-11-31(14(2)16-6-4-5-7-17(16)19)23(33)21-12-32(29-28-21)22-20(25)8-15(24)9-26-22/h4-10,12,14,19H,11H2,1-3H3/t14-,19-/m1/s1. The van der Waals surface area contributed by atoms with E-state index in [0.717, 1.165) is 33.3 Å². The lowest BCUT2D eigenvalue weighted by atomic mass is 9.82. The lowest BCUT2D eigenvalue weighted by molar-refractivity contribution is 0.0658. The van der Waals surface area contributed by atoms with Crippen LogP contribution >= 0.6 is 0 Å². The van der Waals surface area contributed by atoms with E-state index in [1.165, 1.54) is 6.20 Å². The van der Waals surface area contributed by atoms with Crippen molar-refractivity contribution in [2.45, 2.75) is 25.8 Å². The van der Waals surface area contributed by atoms with E-state index in [1.54, 1.807) is 4.90 Å². The Labute approximate surface area is 188 Å². The van der Waals surface area contributed by atoms with Crippen molar-refractivity contribution in [3.05, 3.63) is 88.6 Å². The molecule has 0 spiro atoms. The molecule has 1 amide bonds. The van der Waals surface area contributed by atoms with Crippen molar-refractivity contribution >= 4 is 5.91 Å². The Morgan fingerprint density at radius 2 is 1.88 bits per heavy atom. The van der Waals surface area contributed by atoms with E-state index in [9.17, 15) is 13.6 Å². The molecule has 3 aromatic heterocycles. The van der Waals surface area contributed by atoms with Crippen molar-refractivity contribution in [3.8, 4) is 5.82 Å². The van der Waals surface area contributed by atoms with Crippen molar-refractivity contribution in [3.63, 3.8) is 0 Å². The summed E-state index contributed by atoms with van der Waals surface area (Å²) >= 11 is 0. The fourth-order valence-electron chi connectivity index (χ4n) is 4.40. The summed E-state index contributed by atoms with van der Waals surface area (Å²) in [6.07, 6.45) is 4.03. The zero-order valence-electron chi connectivity index (χ0n) is 18.3. The molecular weight excluding hydrogens is 428 g/mol. The minimum Gasteiger partial charge on any atom is -0.329 e. The highest BCUT2D eigenvalue weighted by molar-refractivity contribution is 5.92. The van der Waals surface area contributed by atoms with Crippen LogP contribution in [0.15, 0.2) is 48.9 Å². The number of hydrogen-bond donors (Lipinski definition) is 0. The number of rotatable bonds is 3. The van der Waals surface area contributed by atoms with Gasteiger partial charge in [0.1, 0.15) is 5.82 Å². The van der Waals surface area contributed by atoms with E-state index in [4.69, 9.17) is 0 Å². The van der Waals surface area contributed by atoms with Gasteiger partial charge in [-0.3, -0.25) is 9.48 Å². The highest BCUT2D eigenvalue weighted by Gasteiger charge is 2.36. The monoisotopic (exact) mass is 449 g/mol.